The highest BCUT2D eigenvalue weighted by atomic mass is 35.5. The second-order valence-corrected chi connectivity index (χ2v) is 9.06. The molecule has 1 aromatic heterocycles. The van der Waals surface area contributed by atoms with Gasteiger partial charge in [-0.15, -0.1) is 0 Å². The van der Waals surface area contributed by atoms with Crippen LogP contribution < -0.4 is 5.32 Å². The van der Waals surface area contributed by atoms with Crippen LogP contribution in [-0.2, 0) is 23.1 Å². The van der Waals surface area contributed by atoms with Crippen molar-refractivity contribution in [2.45, 2.75) is 62.9 Å². The number of aromatic nitrogens is 2. The van der Waals surface area contributed by atoms with Gasteiger partial charge in [0.2, 0.25) is 11.8 Å². The summed E-state index contributed by atoms with van der Waals surface area (Å²) in [6.45, 7) is 0.771. The maximum atomic E-state index is 13.3. The molecule has 2 unspecified atom stereocenters. The van der Waals surface area contributed by atoms with Gasteiger partial charge in [-0.3, -0.25) is 9.59 Å². The summed E-state index contributed by atoms with van der Waals surface area (Å²) < 4.78 is 2.01. The topological polar surface area (TPSA) is 67.2 Å². The molecule has 7 heteroatoms. The van der Waals surface area contributed by atoms with Crippen molar-refractivity contribution in [3.63, 3.8) is 0 Å². The van der Waals surface area contributed by atoms with Crippen molar-refractivity contribution in [2.75, 3.05) is 6.54 Å². The summed E-state index contributed by atoms with van der Waals surface area (Å²) >= 11 is 6.02. The quantitative estimate of drug-likeness (QED) is 0.760. The maximum absolute atomic E-state index is 13.3. The Morgan fingerprint density at radius 2 is 2.10 bits per heavy atom. The third kappa shape index (κ3) is 4.53. The summed E-state index contributed by atoms with van der Waals surface area (Å²) in [5, 5.41) is 3.88. The van der Waals surface area contributed by atoms with E-state index in [0.717, 1.165) is 43.6 Å². The molecule has 3 heterocycles. The standard InChI is InChI=1S/C23H29ClN4O2/c1-27-15-13-25-22(27)19-4-2-3-14-28(19)21(30)10-12-23(11-9-20(29)26-23)16-17-5-7-18(24)8-6-17/h5-8,13,15,19H,2-4,9-12,14,16H2,1H3,(H,26,29). The van der Waals surface area contributed by atoms with Crippen LogP contribution in [0.15, 0.2) is 36.7 Å². The van der Waals surface area contributed by atoms with Gasteiger partial charge in [-0.25, -0.2) is 4.98 Å². The van der Waals surface area contributed by atoms with Crippen LogP contribution in [0.3, 0.4) is 0 Å². The van der Waals surface area contributed by atoms with Gasteiger partial charge in [0.1, 0.15) is 5.82 Å². The smallest absolute Gasteiger partial charge is 0.223 e. The molecule has 0 bridgehead atoms. The van der Waals surface area contributed by atoms with Crippen molar-refractivity contribution >= 4 is 23.4 Å². The lowest BCUT2D eigenvalue weighted by Gasteiger charge is -2.36. The molecule has 1 N–H and O–H groups in total. The van der Waals surface area contributed by atoms with Gasteiger partial charge < -0.3 is 14.8 Å². The van der Waals surface area contributed by atoms with Crippen LogP contribution in [0, 0.1) is 0 Å². The van der Waals surface area contributed by atoms with Crippen molar-refractivity contribution < 1.29 is 9.59 Å². The maximum Gasteiger partial charge on any atom is 0.223 e. The minimum absolute atomic E-state index is 0.0386. The number of carbonyl (C=O) groups is 2. The summed E-state index contributed by atoms with van der Waals surface area (Å²) in [5.74, 6) is 1.17. The molecule has 2 aliphatic heterocycles. The number of hydrogen-bond donors (Lipinski definition) is 1. The molecular formula is C23H29ClN4O2. The van der Waals surface area contributed by atoms with E-state index in [4.69, 9.17) is 11.6 Å². The number of amides is 2. The number of hydrogen-bond acceptors (Lipinski definition) is 3. The number of rotatable bonds is 6. The van der Waals surface area contributed by atoms with Gasteiger partial charge in [-0.2, -0.15) is 0 Å². The average Bonchev–Trinajstić information content (AvgIpc) is 3.34. The van der Waals surface area contributed by atoms with Gasteiger partial charge in [-0.1, -0.05) is 23.7 Å². The first-order valence-corrected chi connectivity index (χ1v) is 11.2. The predicted octanol–water partition coefficient (Wildman–Crippen LogP) is 3.80. The number of nitrogens with one attached hydrogen (secondary N) is 1. The average molecular weight is 429 g/mol. The van der Waals surface area contributed by atoms with E-state index in [0.29, 0.717) is 30.7 Å². The number of nitrogens with zero attached hydrogens (tertiary/aromatic N) is 3. The molecular weight excluding hydrogens is 400 g/mol. The normalized spacial score (nSPS) is 24.1. The van der Waals surface area contributed by atoms with Gasteiger partial charge in [0.25, 0.3) is 0 Å². The fraction of sp³-hybridized carbons (Fsp3) is 0.522. The molecule has 2 saturated heterocycles. The van der Waals surface area contributed by atoms with E-state index in [9.17, 15) is 9.59 Å². The number of halogens is 1. The largest absolute Gasteiger partial charge is 0.350 e. The minimum Gasteiger partial charge on any atom is -0.350 e. The highest BCUT2D eigenvalue weighted by Crippen LogP contribution is 2.33. The summed E-state index contributed by atoms with van der Waals surface area (Å²) in [7, 11) is 1.98. The van der Waals surface area contributed by atoms with E-state index in [1.807, 2.05) is 47.0 Å². The van der Waals surface area contributed by atoms with Gasteiger partial charge in [0.05, 0.1) is 6.04 Å². The summed E-state index contributed by atoms with van der Waals surface area (Å²) in [4.78, 5) is 31.8. The Bertz CT molecular complexity index is 910. The van der Waals surface area contributed by atoms with Gasteiger partial charge in [-0.05, 0) is 56.2 Å². The molecule has 30 heavy (non-hydrogen) atoms. The summed E-state index contributed by atoms with van der Waals surface area (Å²) in [6.07, 6.45) is 9.86. The molecule has 0 saturated carbocycles. The van der Waals surface area contributed by atoms with Crippen LogP contribution in [0.25, 0.3) is 0 Å². The van der Waals surface area contributed by atoms with E-state index >= 15 is 0 Å². The van der Waals surface area contributed by atoms with Gasteiger partial charge in [0.15, 0.2) is 0 Å². The molecule has 0 aliphatic carbocycles. The van der Waals surface area contributed by atoms with E-state index in [-0.39, 0.29) is 23.4 Å². The van der Waals surface area contributed by atoms with Crippen LogP contribution in [0.5, 0.6) is 0 Å². The molecule has 2 fully saturated rings. The molecule has 2 amide bonds. The van der Waals surface area contributed by atoms with Crippen molar-refractivity contribution in [1.29, 1.82) is 0 Å². The lowest BCUT2D eigenvalue weighted by Crippen LogP contribution is -2.46. The fourth-order valence-corrected chi connectivity index (χ4v) is 4.99. The Labute approximate surface area is 182 Å². The van der Waals surface area contributed by atoms with E-state index < -0.39 is 0 Å². The van der Waals surface area contributed by atoms with Crippen molar-refractivity contribution in [2.24, 2.45) is 7.05 Å². The summed E-state index contributed by atoms with van der Waals surface area (Å²) in [6, 6.07) is 7.78. The molecule has 1 aromatic carbocycles. The van der Waals surface area contributed by atoms with E-state index in [2.05, 4.69) is 10.3 Å². The Kier molecular flexibility index (Phi) is 6.14. The number of carbonyl (C=O) groups excluding carboxylic acids is 2. The SMILES string of the molecule is Cn1ccnc1C1CCCCN1C(=O)CCC1(Cc2ccc(Cl)cc2)CCC(=O)N1. The monoisotopic (exact) mass is 428 g/mol. The molecule has 6 nitrogen and oxygen atoms in total. The van der Waals surface area contributed by atoms with Crippen LogP contribution in [0.1, 0.15) is 62.4 Å². The van der Waals surface area contributed by atoms with Crippen molar-refractivity contribution in [1.82, 2.24) is 19.8 Å². The van der Waals surface area contributed by atoms with Crippen LogP contribution in [0.4, 0.5) is 0 Å². The van der Waals surface area contributed by atoms with Crippen LogP contribution in [-0.4, -0.2) is 38.3 Å². The molecule has 2 aromatic rings. The van der Waals surface area contributed by atoms with Gasteiger partial charge in [0, 0.05) is 49.4 Å². The zero-order chi connectivity index (χ0) is 21.1. The molecule has 0 spiro atoms. The Balaban J connectivity index is 1.46. The number of imidazole rings is 1. The first-order chi connectivity index (χ1) is 14.5. The highest BCUT2D eigenvalue weighted by molar-refractivity contribution is 6.30. The Morgan fingerprint density at radius 3 is 2.77 bits per heavy atom. The second kappa shape index (κ2) is 8.80. The third-order valence-electron chi connectivity index (χ3n) is 6.49. The Morgan fingerprint density at radius 1 is 1.30 bits per heavy atom. The summed E-state index contributed by atoms with van der Waals surface area (Å²) in [5.41, 5.74) is 0.757. The van der Waals surface area contributed by atoms with Crippen LogP contribution in [0.2, 0.25) is 5.02 Å². The highest BCUT2D eigenvalue weighted by Gasteiger charge is 2.39. The molecule has 2 atom stereocenters. The van der Waals surface area contributed by atoms with Gasteiger partial charge >= 0.3 is 0 Å². The van der Waals surface area contributed by atoms with Crippen LogP contribution >= 0.6 is 11.6 Å². The van der Waals surface area contributed by atoms with E-state index in [1.165, 1.54) is 0 Å². The number of piperidine rings is 1. The minimum atomic E-state index is -0.366. The van der Waals surface area contributed by atoms with Crippen molar-refractivity contribution in [3.05, 3.63) is 53.1 Å². The Hall–Kier alpha value is -2.34. The predicted molar refractivity (Wildman–Crippen MR) is 116 cm³/mol. The fourth-order valence-electron chi connectivity index (χ4n) is 4.86. The second-order valence-electron chi connectivity index (χ2n) is 8.63. The van der Waals surface area contributed by atoms with Crippen molar-refractivity contribution in [3.8, 4) is 0 Å². The van der Waals surface area contributed by atoms with E-state index in [1.54, 1.807) is 6.20 Å². The third-order valence-corrected chi connectivity index (χ3v) is 6.74. The molecule has 0 radical (unpaired) electrons. The zero-order valence-corrected chi connectivity index (χ0v) is 18.2. The lowest BCUT2D eigenvalue weighted by atomic mass is 9.84. The molecule has 2 aliphatic rings. The molecule has 4 rings (SSSR count). The first-order valence-electron chi connectivity index (χ1n) is 10.8. The number of benzene rings is 1. The molecule has 160 valence electrons. The number of likely N-dealkylation sites (tertiary alicyclic amines) is 1. The lowest BCUT2D eigenvalue weighted by molar-refractivity contribution is -0.136. The number of aryl methyl sites for hydroxylation is 1. The first kappa shape index (κ1) is 20.9. The zero-order valence-electron chi connectivity index (χ0n) is 17.4.